The second-order valence-corrected chi connectivity index (χ2v) is 5.64. The molecule has 1 fully saturated rings. The van der Waals surface area contributed by atoms with Gasteiger partial charge >= 0.3 is 0 Å². The van der Waals surface area contributed by atoms with Gasteiger partial charge in [0.1, 0.15) is 0 Å². The van der Waals surface area contributed by atoms with Crippen LogP contribution >= 0.6 is 0 Å². The molecule has 3 rings (SSSR count). The zero-order chi connectivity index (χ0) is 14.5. The van der Waals surface area contributed by atoms with Crippen LogP contribution in [0, 0.1) is 0 Å². The molecule has 1 aromatic heterocycles. The number of nitrogens with one attached hydrogen (secondary N) is 1. The van der Waals surface area contributed by atoms with Crippen LogP contribution in [-0.2, 0) is 6.54 Å². The third-order valence-corrected chi connectivity index (χ3v) is 4.01. The van der Waals surface area contributed by atoms with E-state index in [9.17, 15) is 0 Å². The summed E-state index contributed by atoms with van der Waals surface area (Å²) in [6.07, 6.45) is 7.92. The highest BCUT2D eigenvalue weighted by atomic mass is 15.1. The molecule has 110 valence electrons. The van der Waals surface area contributed by atoms with Crippen molar-refractivity contribution in [3.05, 3.63) is 54.1 Å². The topological polar surface area (TPSA) is 41.0 Å². The fraction of sp³-hybridized carbons (Fsp3) is 0.412. The smallest absolute Gasteiger partial charge is 0.0806 e. The van der Waals surface area contributed by atoms with Gasteiger partial charge in [-0.2, -0.15) is 0 Å². The van der Waals surface area contributed by atoms with Gasteiger partial charge in [0.05, 0.1) is 17.9 Å². The van der Waals surface area contributed by atoms with Gasteiger partial charge in [0.2, 0.25) is 0 Å². The van der Waals surface area contributed by atoms with E-state index in [4.69, 9.17) is 0 Å². The van der Waals surface area contributed by atoms with Crippen LogP contribution in [0.2, 0.25) is 0 Å². The summed E-state index contributed by atoms with van der Waals surface area (Å²) in [5.41, 5.74) is 3.52. The first-order chi connectivity index (χ1) is 10.3. The average Bonchev–Trinajstić information content (AvgIpc) is 3.03. The maximum Gasteiger partial charge on any atom is 0.0806 e. The summed E-state index contributed by atoms with van der Waals surface area (Å²) in [5, 5.41) is 3.57. The van der Waals surface area contributed by atoms with Crippen LogP contribution in [0.1, 0.15) is 37.1 Å². The number of aromatic nitrogens is 2. The van der Waals surface area contributed by atoms with E-state index in [2.05, 4.69) is 51.4 Å². The van der Waals surface area contributed by atoms with E-state index in [1.165, 1.54) is 37.2 Å². The monoisotopic (exact) mass is 282 g/mol. The number of hydrogen-bond donors (Lipinski definition) is 1. The van der Waals surface area contributed by atoms with E-state index in [0.717, 1.165) is 12.2 Å². The Labute approximate surface area is 126 Å². The summed E-state index contributed by atoms with van der Waals surface area (Å²) in [5.74, 6) is 0. The maximum absolute atomic E-state index is 4.37. The fourth-order valence-electron chi connectivity index (χ4n) is 2.82. The molecule has 1 unspecified atom stereocenters. The van der Waals surface area contributed by atoms with E-state index in [0.29, 0.717) is 0 Å². The molecule has 0 saturated carbocycles. The van der Waals surface area contributed by atoms with Gasteiger partial charge in [-0.05, 0) is 44.5 Å². The van der Waals surface area contributed by atoms with Gasteiger partial charge < -0.3 is 5.32 Å². The zero-order valence-electron chi connectivity index (χ0n) is 12.5. The van der Waals surface area contributed by atoms with Crippen LogP contribution < -0.4 is 5.32 Å². The van der Waals surface area contributed by atoms with Crippen molar-refractivity contribution in [2.45, 2.75) is 32.4 Å². The van der Waals surface area contributed by atoms with Crippen LogP contribution in [0.3, 0.4) is 0 Å². The Morgan fingerprint density at radius 2 is 2.00 bits per heavy atom. The second-order valence-electron chi connectivity index (χ2n) is 5.64. The van der Waals surface area contributed by atoms with Gasteiger partial charge in [-0.3, -0.25) is 14.9 Å². The molecule has 1 N–H and O–H groups in total. The third-order valence-electron chi connectivity index (χ3n) is 4.01. The Morgan fingerprint density at radius 3 is 2.76 bits per heavy atom. The van der Waals surface area contributed by atoms with Crippen LogP contribution in [0.15, 0.2) is 42.9 Å². The highest BCUT2D eigenvalue weighted by molar-refractivity contribution is 5.52. The summed E-state index contributed by atoms with van der Waals surface area (Å²) >= 11 is 0. The molecular weight excluding hydrogens is 260 g/mol. The Kier molecular flexibility index (Phi) is 4.46. The molecule has 1 aliphatic rings. The van der Waals surface area contributed by atoms with Crippen LogP contribution in [0.4, 0.5) is 5.69 Å². The van der Waals surface area contributed by atoms with Crippen molar-refractivity contribution in [3.8, 4) is 0 Å². The molecule has 4 nitrogen and oxygen atoms in total. The fourth-order valence-corrected chi connectivity index (χ4v) is 2.82. The second kappa shape index (κ2) is 6.68. The van der Waals surface area contributed by atoms with Crippen molar-refractivity contribution in [2.75, 3.05) is 18.4 Å². The number of hydrogen-bond acceptors (Lipinski definition) is 4. The quantitative estimate of drug-likeness (QED) is 0.914. The molecule has 0 amide bonds. The van der Waals surface area contributed by atoms with Gasteiger partial charge in [0, 0.05) is 24.6 Å². The number of anilines is 1. The first-order valence-electron chi connectivity index (χ1n) is 7.65. The molecule has 1 aliphatic heterocycles. The number of likely N-dealkylation sites (tertiary alicyclic amines) is 1. The van der Waals surface area contributed by atoms with Crippen LogP contribution in [0.5, 0.6) is 0 Å². The molecule has 0 spiro atoms. The lowest BCUT2D eigenvalue weighted by atomic mass is 10.1. The number of nitrogens with zero attached hydrogens (tertiary/aromatic N) is 3. The average molecular weight is 282 g/mol. The van der Waals surface area contributed by atoms with E-state index < -0.39 is 0 Å². The predicted octanol–water partition coefficient (Wildman–Crippen LogP) is 3.25. The van der Waals surface area contributed by atoms with E-state index in [-0.39, 0.29) is 6.04 Å². The number of benzene rings is 1. The van der Waals surface area contributed by atoms with Gasteiger partial charge in [-0.25, -0.2) is 0 Å². The maximum atomic E-state index is 4.37. The summed E-state index contributed by atoms with van der Waals surface area (Å²) in [6, 6.07) is 8.71. The largest absolute Gasteiger partial charge is 0.377 e. The molecule has 0 bridgehead atoms. The highest BCUT2D eigenvalue weighted by Gasteiger charge is 2.15. The van der Waals surface area contributed by atoms with E-state index in [1.54, 1.807) is 12.4 Å². The third kappa shape index (κ3) is 3.58. The van der Waals surface area contributed by atoms with E-state index >= 15 is 0 Å². The molecule has 0 aliphatic carbocycles. The summed E-state index contributed by atoms with van der Waals surface area (Å²) in [4.78, 5) is 11.0. The molecule has 1 saturated heterocycles. The SMILES string of the molecule is CC(Nc1ccccc1CN1CCCC1)c1cnccn1. The number of rotatable bonds is 5. The minimum absolute atomic E-state index is 0.151. The molecular formula is C17H22N4. The standard InChI is InChI=1S/C17H22N4/c1-14(17-12-18-8-9-19-17)20-16-7-3-2-6-15(16)13-21-10-4-5-11-21/h2-3,6-9,12,14,20H,4-5,10-11,13H2,1H3. The van der Waals surface area contributed by atoms with Crippen molar-refractivity contribution in [2.24, 2.45) is 0 Å². The Bertz CT molecular complexity index is 564. The van der Waals surface area contributed by atoms with Crippen molar-refractivity contribution >= 4 is 5.69 Å². The molecule has 1 atom stereocenters. The van der Waals surface area contributed by atoms with Gasteiger partial charge in [0.15, 0.2) is 0 Å². The van der Waals surface area contributed by atoms with Gasteiger partial charge in [-0.15, -0.1) is 0 Å². The lowest BCUT2D eigenvalue weighted by Gasteiger charge is -2.21. The lowest BCUT2D eigenvalue weighted by molar-refractivity contribution is 0.332. The Morgan fingerprint density at radius 1 is 1.19 bits per heavy atom. The minimum atomic E-state index is 0.151. The Balaban J connectivity index is 1.72. The van der Waals surface area contributed by atoms with Gasteiger partial charge in [0.25, 0.3) is 0 Å². The number of para-hydroxylation sites is 1. The summed E-state index contributed by atoms with van der Waals surface area (Å²) < 4.78 is 0. The zero-order valence-corrected chi connectivity index (χ0v) is 12.5. The molecule has 4 heteroatoms. The minimum Gasteiger partial charge on any atom is -0.377 e. The summed E-state index contributed by atoms with van der Waals surface area (Å²) in [7, 11) is 0. The Hall–Kier alpha value is -1.94. The molecule has 2 heterocycles. The van der Waals surface area contributed by atoms with E-state index in [1.807, 2.05) is 6.20 Å². The van der Waals surface area contributed by atoms with Crippen LogP contribution in [-0.4, -0.2) is 28.0 Å². The first-order valence-corrected chi connectivity index (χ1v) is 7.65. The highest BCUT2D eigenvalue weighted by Crippen LogP contribution is 2.23. The van der Waals surface area contributed by atoms with Gasteiger partial charge in [-0.1, -0.05) is 18.2 Å². The first kappa shape index (κ1) is 14.0. The summed E-state index contributed by atoms with van der Waals surface area (Å²) in [6.45, 7) is 5.58. The van der Waals surface area contributed by atoms with Crippen molar-refractivity contribution in [3.63, 3.8) is 0 Å². The predicted molar refractivity (Wildman–Crippen MR) is 85.0 cm³/mol. The van der Waals surface area contributed by atoms with Crippen LogP contribution in [0.25, 0.3) is 0 Å². The van der Waals surface area contributed by atoms with Crippen molar-refractivity contribution < 1.29 is 0 Å². The van der Waals surface area contributed by atoms with Crippen molar-refractivity contribution in [1.29, 1.82) is 0 Å². The van der Waals surface area contributed by atoms with Crippen molar-refractivity contribution in [1.82, 2.24) is 14.9 Å². The molecule has 21 heavy (non-hydrogen) atoms. The molecule has 2 aromatic rings. The lowest BCUT2D eigenvalue weighted by Crippen LogP contribution is -2.20. The normalized spacial score (nSPS) is 16.8. The molecule has 1 aromatic carbocycles. The molecule has 0 radical (unpaired) electrons.